The molecular formula is C33H44N4O3. The predicted molar refractivity (Wildman–Crippen MR) is 158 cm³/mol. The zero-order chi connectivity index (χ0) is 28.1. The van der Waals surface area contributed by atoms with Crippen LogP contribution in [0.5, 0.6) is 5.75 Å². The Bertz CT molecular complexity index is 1300. The van der Waals surface area contributed by atoms with Crippen LogP contribution in [0.3, 0.4) is 0 Å². The topological polar surface area (TPSA) is 76.5 Å². The third kappa shape index (κ3) is 6.51. The van der Waals surface area contributed by atoms with E-state index in [0.717, 1.165) is 47.8 Å². The van der Waals surface area contributed by atoms with Gasteiger partial charge < -0.3 is 19.5 Å². The summed E-state index contributed by atoms with van der Waals surface area (Å²) >= 11 is 0. The molecule has 2 fully saturated rings. The van der Waals surface area contributed by atoms with Crippen LogP contribution in [0.15, 0.2) is 42.5 Å². The van der Waals surface area contributed by atoms with Gasteiger partial charge in [-0.3, -0.25) is 9.59 Å². The number of hydrogen-bond acceptors (Lipinski definition) is 4. The molecule has 1 N–H and O–H groups in total. The number of benzene rings is 2. The first-order valence-electron chi connectivity index (χ1n) is 15.2. The van der Waals surface area contributed by atoms with Crippen LogP contribution in [0.2, 0.25) is 0 Å². The minimum absolute atomic E-state index is 0.0784. The third-order valence-electron chi connectivity index (χ3n) is 8.67. The van der Waals surface area contributed by atoms with Crippen molar-refractivity contribution in [2.75, 3.05) is 6.61 Å². The van der Waals surface area contributed by atoms with E-state index in [1.54, 1.807) is 0 Å². The number of nitrogens with zero attached hydrogens (tertiary/aromatic N) is 3. The van der Waals surface area contributed by atoms with Crippen molar-refractivity contribution < 1.29 is 14.3 Å². The maximum absolute atomic E-state index is 14.1. The minimum atomic E-state index is -0.382. The number of amides is 2. The van der Waals surface area contributed by atoms with Crippen LogP contribution < -0.4 is 10.1 Å². The Morgan fingerprint density at radius 2 is 1.62 bits per heavy atom. The summed E-state index contributed by atoms with van der Waals surface area (Å²) < 4.78 is 7.86. The smallest absolute Gasteiger partial charge is 0.258 e. The summed E-state index contributed by atoms with van der Waals surface area (Å²) in [5.74, 6) is 1.37. The zero-order valence-corrected chi connectivity index (χ0v) is 24.3. The normalized spacial score (nSPS) is 17.5. The summed E-state index contributed by atoms with van der Waals surface area (Å²) in [5, 5.41) is 3.06. The summed E-state index contributed by atoms with van der Waals surface area (Å²) in [6.45, 7) is 6.06. The first-order valence-corrected chi connectivity index (χ1v) is 15.2. The molecule has 0 aliphatic heterocycles. The molecule has 7 nitrogen and oxygen atoms in total. The van der Waals surface area contributed by atoms with Crippen LogP contribution in [-0.4, -0.2) is 45.0 Å². The van der Waals surface area contributed by atoms with Crippen molar-refractivity contribution in [3.05, 3.63) is 59.4 Å². The molecule has 2 saturated carbocycles. The lowest BCUT2D eigenvalue weighted by atomic mass is 9.88. The van der Waals surface area contributed by atoms with Crippen LogP contribution in [0, 0.1) is 13.8 Å². The fourth-order valence-corrected chi connectivity index (χ4v) is 6.59. The number of hydrogen-bond donors (Lipinski definition) is 1. The lowest BCUT2D eigenvalue weighted by Crippen LogP contribution is -2.50. The summed E-state index contributed by atoms with van der Waals surface area (Å²) in [7, 11) is 0. The van der Waals surface area contributed by atoms with Gasteiger partial charge in [0.2, 0.25) is 5.91 Å². The van der Waals surface area contributed by atoms with Crippen LogP contribution in [0.1, 0.15) is 94.1 Å². The number of para-hydroxylation sites is 2. The Morgan fingerprint density at radius 1 is 0.975 bits per heavy atom. The fraction of sp³-hybridized carbons (Fsp3) is 0.545. The summed E-state index contributed by atoms with van der Waals surface area (Å²) in [5.41, 5.74) is 3.83. The van der Waals surface area contributed by atoms with Crippen LogP contribution in [0.4, 0.5) is 0 Å². The molecule has 40 heavy (non-hydrogen) atoms. The molecule has 1 aromatic heterocycles. The van der Waals surface area contributed by atoms with Gasteiger partial charge in [0.05, 0.1) is 17.1 Å². The van der Waals surface area contributed by atoms with Crippen molar-refractivity contribution in [2.24, 2.45) is 0 Å². The molecule has 2 aliphatic carbocycles. The second kappa shape index (κ2) is 12.9. The molecular weight excluding hydrogens is 500 g/mol. The Labute approximate surface area is 238 Å². The van der Waals surface area contributed by atoms with E-state index >= 15 is 0 Å². The summed E-state index contributed by atoms with van der Waals surface area (Å²) in [4.78, 5) is 34.2. The van der Waals surface area contributed by atoms with E-state index in [0.29, 0.717) is 23.7 Å². The first kappa shape index (κ1) is 28.2. The molecule has 2 aliphatic rings. The number of ether oxygens (including phenoxy) is 1. The molecule has 0 saturated heterocycles. The number of carbonyl (C=O) groups is 2. The van der Waals surface area contributed by atoms with Crippen LogP contribution in [-0.2, 0) is 16.1 Å². The van der Waals surface area contributed by atoms with Crippen molar-refractivity contribution >= 4 is 22.8 Å². The van der Waals surface area contributed by atoms with Gasteiger partial charge in [-0.05, 0) is 75.8 Å². The monoisotopic (exact) mass is 544 g/mol. The Hall–Kier alpha value is -3.35. The molecule has 2 aromatic carbocycles. The number of carbonyl (C=O) groups excluding carboxylic acids is 2. The van der Waals surface area contributed by atoms with E-state index in [1.165, 1.54) is 38.5 Å². The van der Waals surface area contributed by atoms with Crippen molar-refractivity contribution in [3.63, 3.8) is 0 Å². The average molecular weight is 545 g/mol. The van der Waals surface area contributed by atoms with Crippen molar-refractivity contribution in [2.45, 2.75) is 110 Å². The fourth-order valence-electron chi connectivity index (χ4n) is 6.59. The Balaban J connectivity index is 1.34. The number of aryl methyl sites for hydroxylation is 2. The highest BCUT2D eigenvalue weighted by Gasteiger charge is 2.33. The van der Waals surface area contributed by atoms with Crippen LogP contribution >= 0.6 is 0 Å². The number of fused-ring (bicyclic) bond motifs is 1. The zero-order valence-electron chi connectivity index (χ0n) is 24.3. The van der Waals surface area contributed by atoms with Gasteiger partial charge in [-0.2, -0.15) is 0 Å². The van der Waals surface area contributed by atoms with Gasteiger partial charge in [-0.25, -0.2) is 4.98 Å². The Kier molecular flexibility index (Phi) is 9.08. The SMILES string of the molecule is Cc1ccc(C)c(OCC(=O)NC(C)c2nc3ccccc3n2CC(=O)N(C2CCCCC2)C2CCCCC2)c1. The molecule has 1 atom stereocenters. The van der Waals surface area contributed by atoms with Gasteiger partial charge in [0.1, 0.15) is 18.1 Å². The third-order valence-corrected chi connectivity index (χ3v) is 8.67. The largest absolute Gasteiger partial charge is 0.483 e. The van der Waals surface area contributed by atoms with Crippen molar-refractivity contribution in [1.29, 1.82) is 0 Å². The van der Waals surface area contributed by atoms with E-state index in [-0.39, 0.29) is 31.0 Å². The minimum Gasteiger partial charge on any atom is -0.483 e. The highest BCUT2D eigenvalue weighted by Crippen LogP contribution is 2.31. The molecule has 1 unspecified atom stereocenters. The molecule has 214 valence electrons. The number of aromatic nitrogens is 2. The lowest BCUT2D eigenvalue weighted by molar-refractivity contribution is -0.138. The van der Waals surface area contributed by atoms with Gasteiger partial charge in [0.25, 0.3) is 5.91 Å². The van der Waals surface area contributed by atoms with Gasteiger partial charge in [0, 0.05) is 12.1 Å². The van der Waals surface area contributed by atoms with Crippen molar-refractivity contribution in [1.82, 2.24) is 19.8 Å². The average Bonchev–Trinajstić information content (AvgIpc) is 3.33. The van der Waals surface area contributed by atoms with Crippen molar-refractivity contribution in [3.8, 4) is 5.75 Å². The highest BCUT2D eigenvalue weighted by molar-refractivity contribution is 5.82. The molecule has 0 spiro atoms. The van der Waals surface area contributed by atoms with Gasteiger partial charge in [-0.1, -0.05) is 62.8 Å². The first-order chi connectivity index (χ1) is 19.4. The number of imidazole rings is 1. The highest BCUT2D eigenvalue weighted by atomic mass is 16.5. The molecule has 0 radical (unpaired) electrons. The van der Waals surface area contributed by atoms with E-state index < -0.39 is 0 Å². The molecule has 1 heterocycles. The maximum atomic E-state index is 14.1. The van der Waals surface area contributed by atoms with Gasteiger partial charge in [-0.15, -0.1) is 0 Å². The maximum Gasteiger partial charge on any atom is 0.258 e. The lowest BCUT2D eigenvalue weighted by Gasteiger charge is -2.42. The molecule has 5 rings (SSSR count). The molecule has 7 heteroatoms. The summed E-state index contributed by atoms with van der Waals surface area (Å²) in [6, 6.07) is 14.2. The second-order valence-corrected chi connectivity index (χ2v) is 11.8. The number of nitrogens with one attached hydrogen (secondary N) is 1. The van der Waals surface area contributed by atoms with Gasteiger partial charge >= 0.3 is 0 Å². The molecule has 0 bridgehead atoms. The van der Waals surface area contributed by atoms with Gasteiger partial charge in [0.15, 0.2) is 6.61 Å². The quantitative estimate of drug-likeness (QED) is 0.338. The van der Waals surface area contributed by atoms with E-state index in [2.05, 4.69) is 10.2 Å². The van der Waals surface area contributed by atoms with E-state index in [9.17, 15) is 9.59 Å². The molecule has 2 amide bonds. The predicted octanol–water partition coefficient (Wildman–Crippen LogP) is 6.40. The standard InChI is InChI=1S/C33H44N4O3/c1-23-18-19-24(2)30(20-23)40-22-31(38)34-25(3)33-35-28-16-10-11-17-29(28)36(33)21-32(39)37(26-12-6-4-7-13-26)27-14-8-5-9-15-27/h10-11,16-20,25-27H,4-9,12-15,21-22H2,1-3H3,(H,34,38). The summed E-state index contributed by atoms with van der Waals surface area (Å²) in [6.07, 6.45) is 11.8. The number of rotatable bonds is 9. The molecule has 3 aromatic rings. The second-order valence-electron chi connectivity index (χ2n) is 11.8. The van der Waals surface area contributed by atoms with E-state index in [4.69, 9.17) is 9.72 Å². The van der Waals surface area contributed by atoms with E-state index in [1.807, 2.05) is 67.8 Å². The van der Waals surface area contributed by atoms with Crippen LogP contribution in [0.25, 0.3) is 11.0 Å². The Morgan fingerprint density at radius 3 is 2.30 bits per heavy atom.